The Morgan fingerprint density at radius 1 is 1.00 bits per heavy atom. The Balaban J connectivity index is 1.99. The van der Waals surface area contributed by atoms with Gasteiger partial charge in [0, 0.05) is 11.1 Å². The Labute approximate surface area is 132 Å². The predicted octanol–water partition coefficient (Wildman–Crippen LogP) is 1.72. The summed E-state index contributed by atoms with van der Waals surface area (Å²) in [5.74, 6) is 0.107. The Bertz CT molecular complexity index is 927. The van der Waals surface area contributed by atoms with E-state index < -0.39 is 5.91 Å². The number of nitrogens with zero attached hydrogens (tertiary/aromatic N) is 4. The van der Waals surface area contributed by atoms with E-state index in [1.807, 2.05) is 54.6 Å². The summed E-state index contributed by atoms with van der Waals surface area (Å²) in [6.45, 7) is 0.333. The molecule has 4 rings (SSSR count). The summed E-state index contributed by atoms with van der Waals surface area (Å²) in [6.07, 6.45) is 0. The first-order chi connectivity index (χ1) is 11.3. The van der Waals surface area contributed by atoms with Crippen LogP contribution in [0.5, 0.6) is 0 Å². The minimum absolute atomic E-state index is 0.122. The first-order valence-electron chi connectivity index (χ1n) is 7.19. The zero-order valence-electron chi connectivity index (χ0n) is 12.2. The molecule has 2 aromatic carbocycles. The molecule has 3 aromatic rings. The molecule has 6 heteroatoms. The van der Waals surface area contributed by atoms with Crippen molar-refractivity contribution in [3.05, 3.63) is 77.4 Å². The van der Waals surface area contributed by atoms with Gasteiger partial charge < -0.3 is 5.73 Å². The van der Waals surface area contributed by atoms with Crippen LogP contribution in [0.25, 0.3) is 5.69 Å². The van der Waals surface area contributed by atoms with Gasteiger partial charge in [-0.05, 0) is 6.07 Å². The summed E-state index contributed by atoms with van der Waals surface area (Å²) in [6, 6.07) is 17.7. The smallest absolute Gasteiger partial charge is 0.287 e. The van der Waals surface area contributed by atoms with Gasteiger partial charge in [-0.2, -0.15) is 0 Å². The Morgan fingerprint density at radius 3 is 2.52 bits per heavy atom. The second-order valence-electron chi connectivity index (χ2n) is 5.19. The highest BCUT2D eigenvalue weighted by Gasteiger charge is 2.24. The topological polar surface area (TPSA) is 86.2 Å². The average Bonchev–Trinajstić information content (AvgIpc) is 2.94. The van der Waals surface area contributed by atoms with Crippen LogP contribution in [0, 0.1) is 0 Å². The molecule has 1 aliphatic heterocycles. The van der Waals surface area contributed by atoms with Crippen molar-refractivity contribution < 1.29 is 4.79 Å². The normalized spacial score (nSPS) is 12.8. The minimum Gasteiger partial charge on any atom is -0.363 e. The lowest BCUT2D eigenvalue weighted by Crippen LogP contribution is -2.19. The standard InChI is InChI=1S/C17H13N5O/c18-16(23)17-21-20-14-10-19-15(11-6-2-1-3-7-11)12-8-4-5-9-13(12)22(14)17/h1-9H,10H2,(H2,18,23). The van der Waals surface area contributed by atoms with Crippen LogP contribution in [-0.2, 0) is 6.54 Å². The third kappa shape index (κ3) is 2.12. The molecule has 0 bridgehead atoms. The van der Waals surface area contributed by atoms with E-state index in [2.05, 4.69) is 15.2 Å². The van der Waals surface area contributed by atoms with Crippen LogP contribution in [0.15, 0.2) is 59.6 Å². The number of nitrogens with two attached hydrogens (primary N) is 1. The van der Waals surface area contributed by atoms with Gasteiger partial charge in [0.05, 0.1) is 11.4 Å². The van der Waals surface area contributed by atoms with Gasteiger partial charge in [-0.15, -0.1) is 10.2 Å². The van der Waals surface area contributed by atoms with E-state index in [1.54, 1.807) is 4.57 Å². The molecule has 0 saturated carbocycles. The number of aromatic nitrogens is 3. The second-order valence-corrected chi connectivity index (χ2v) is 5.19. The maximum atomic E-state index is 11.7. The largest absolute Gasteiger partial charge is 0.363 e. The van der Waals surface area contributed by atoms with Crippen molar-refractivity contribution in [2.24, 2.45) is 10.7 Å². The molecular formula is C17H13N5O. The van der Waals surface area contributed by atoms with E-state index in [4.69, 9.17) is 5.73 Å². The SMILES string of the molecule is NC(=O)c1nnc2n1-c1ccccc1C(c1ccccc1)=NC2. The molecule has 1 amide bonds. The molecule has 0 radical (unpaired) electrons. The highest BCUT2D eigenvalue weighted by Crippen LogP contribution is 2.25. The molecule has 0 fully saturated rings. The van der Waals surface area contributed by atoms with E-state index in [0.29, 0.717) is 12.4 Å². The van der Waals surface area contributed by atoms with Gasteiger partial charge in [0.2, 0.25) is 5.82 Å². The molecule has 1 aromatic heterocycles. The predicted molar refractivity (Wildman–Crippen MR) is 85.7 cm³/mol. The van der Waals surface area contributed by atoms with Crippen LogP contribution in [0.1, 0.15) is 27.6 Å². The molecule has 2 N–H and O–H groups in total. The molecule has 6 nitrogen and oxygen atoms in total. The maximum absolute atomic E-state index is 11.7. The number of hydrogen-bond acceptors (Lipinski definition) is 4. The number of carbonyl (C=O) groups excluding carboxylic acids is 1. The Hall–Kier alpha value is -3.28. The molecule has 23 heavy (non-hydrogen) atoms. The van der Waals surface area contributed by atoms with Crippen molar-refractivity contribution in [3.63, 3.8) is 0 Å². The fourth-order valence-electron chi connectivity index (χ4n) is 2.78. The van der Waals surface area contributed by atoms with Crippen molar-refractivity contribution in [1.29, 1.82) is 0 Å². The fourth-order valence-corrected chi connectivity index (χ4v) is 2.78. The molecule has 0 spiro atoms. The summed E-state index contributed by atoms with van der Waals surface area (Å²) >= 11 is 0. The van der Waals surface area contributed by atoms with Crippen LogP contribution >= 0.6 is 0 Å². The third-order valence-corrected chi connectivity index (χ3v) is 3.78. The third-order valence-electron chi connectivity index (χ3n) is 3.78. The maximum Gasteiger partial charge on any atom is 0.287 e. The number of carbonyl (C=O) groups is 1. The van der Waals surface area contributed by atoms with Crippen molar-refractivity contribution in [2.45, 2.75) is 6.54 Å². The lowest BCUT2D eigenvalue weighted by molar-refractivity contribution is 0.0988. The lowest BCUT2D eigenvalue weighted by atomic mass is 10.0. The van der Waals surface area contributed by atoms with E-state index in [9.17, 15) is 4.79 Å². The van der Waals surface area contributed by atoms with Gasteiger partial charge in [-0.1, -0.05) is 48.5 Å². The van der Waals surface area contributed by atoms with Gasteiger partial charge in [0.15, 0.2) is 5.82 Å². The molecule has 0 atom stereocenters. The van der Waals surface area contributed by atoms with Crippen LogP contribution in [0.3, 0.4) is 0 Å². The first kappa shape index (κ1) is 13.4. The second kappa shape index (κ2) is 5.17. The number of rotatable bonds is 2. The zero-order chi connectivity index (χ0) is 15.8. The highest BCUT2D eigenvalue weighted by atomic mass is 16.1. The number of fused-ring (bicyclic) bond motifs is 3. The number of aliphatic imine (C=N–C) groups is 1. The average molecular weight is 303 g/mol. The van der Waals surface area contributed by atoms with Gasteiger partial charge in [0.1, 0.15) is 6.54 Å². The Morgan fingerprint density at radius 2 is 1.74 bits per heavy atom. The van der Waals surface area contributed by atoms with E-state index >= 15 is 0 Å². The summed E-state index contributed by atoms with van der Waals surface area (Å²) in [4.78, 5) is 16.4. The number of amides is 1. The van der Waals surface area contributed by atoms with Gasteiger partial charge in [0.25, 0.3) is 5.91 Å². The van der Waals surface area contributed by atoms with E-state index in [1.165, 1.54) is 0 Å². The first-order valence-corrected chi connectivity index (χ1v) is 7.19. The number of hydrogen-bond donors (Lipinski definition) is 1. The quantitative estimate of drug-likeness (QED) is 0.782. The van der Waals surface area contributed by atoms with Crippen molar-refractivity contribution in [3.8, 4) is 5.69 Å². The monoisotopic (exact) mass is 303 g/mol. The van der Waals surface area contributed by atoms with Crippen LogP contribution in [0.2, 0.25) is 0 Å². The highest BCUT2D eigenvalue weighted by molar-refractivity contribution is 6.15. The zero-order valence-corrected chi connectivity index (χ0v) is 12.2. The van der Waals surface area contributed by atoms with Gasteiger partial charge >= 0.3 is 0 Å². The molecule has 0 unspecified atom stereocenters. The molecule has 112 valence electrons. The molecule has 0 saturated heterocycles. The minimum atomic E-state index is -0.610. The lowest BCUT2D eigenvalue weighted by Gasteiger charge is -2.12. The fraction of sp³-hybridized carbons (Fsp3) is 0.0588. The number of para-hydroxylation sites is 1. The number of benzene rings is 2. The van der Waals surface area contributed by atoms with Crippen LogP contribution < -0.4 is 5.73 Å². The van der Waals surface area contributed by atoms with E-state index in [-0.39, 0.29) is 5.82 Å². The molecular weight excluding hydrogens is 290 g/mol. The van der Waals surface area contributed by atoms with Crippen LogP contribution in [-0.4, -0.2) is 26.4 Å². The van der Waals surface area contributed by atoms with Crippen molar-refractivity contribution >= 4 is 11.6 Å². The van der Waals surface area contributed by atoms with Crippen molar-refractivity contribution in [1.82, 2.24) is 14.8 Å². The summed E-state index contributed by atoms with van der Waals surface area (Å²) in [5, 5.41) is 7.97. The summed E-state index contributed by atoms with van der Waals surface area (Å²) in [7, 11) is 0. The molecule has 2 heterocycles. The van der Waals surface area contributed by atoms with Gasteiger partial charge in [-0.3, -0.25) is 14.4 Å². The van der Waals surface area contributed by atoms with E-state index in [0.717, 1.165) is 22.5 Å². The molecule has 0 aliphatic carbocycles. The summed E-state index contributed by atoms with van der Waals surface area (Å²) in [5.41, 5.74) is 9.04. The van der Waals surface area contributed by atoms with Crippen LogP contribution in [0.4, 0.5) is 0 Å². The number of primary amides is 1. The van der Waals surface area contributed by atoms with Crippen molar-refractivity contribution in [2.75, 3.05) is 0 Å². The molecule has 1 aliphatic rings. The Kier molecular flexibility index (Phi) is 3.01. The van der Waals surface area contributed by atoms with Gasteiger partial charge in [-0.25, -0.2) is 0 Å². The summed E-state index contributed by atoms with van der Waals surface area (Å²) < 4.78 is 1.69.